The van der Waals surface area contributed by atoms with Crippen LogP contribution in [-0.4, -0.2) is 154 Å². The highest BCUT2D eigenvalue weighted by Crippen LogP contribution is 2.42. The summed E-state index contributed by atoms with van der Waals surface area (Å²) in [6, 6.07) is 10.7. The molecule has 2 aromatic rings. The summed E-state index contributed by atoms with van der Waals surface area (Å²) in [5.74, 6) is 1.89. The molecule has 10 rings (SSSR count). The maximum absolute atomic E-state index is 14.0. The summed E-state index contributed by atoms with van der Waals surface area (Å²) in [6.45, 7) is 16.8. The van der Waals surface area contributed by atoms with Crippen LogP contribution < -0.4 is 14.8 Å². The zero-order chi connectivity index (χ0) is 40.8. The monoisotopic (exact) mass is 824 g/mol. The van der Waals surface area contributed by atoms with Crippen molar-refractivity contribution in [2.75, 3.05) is 92.0 Å². The van der Waals surface area contributed by atoms with Gasteiger partial charge in [0.25, 0.3) is 0 Å². The molecule has 2 spiro atoms. The van der Waals surface area contributed by atoms with Crippen LogP contribution in [0.4, 0.5) is 13.6 Å². The third-order valence-electron chi connectivity index (χ3n) is 13.6. The minimum Gasteiger partial charge on any atom is -0.485 e. The summed E-state index contributed by atoms with van der Waals surface area (Å²) in [5.41, 5.74) is 1.40. The smallest absolute Gasteiger partial charge is 0.410 e. The second kappa shape index (κ2) is 17.0. The van der Waals surface area contributed by atoms with Gasteiger partial charge in [-0.1, -0.05) is 0 Å². The largest absolute Gasteiger partial charge is 0.485 e. The van der Waals surface area contributed by atoms with Gasteiger partial charge in [0.1, 0.15) is 46.5 Å². The SMILES string of the molecule is CC(C)(C)OC(=O)N1CC2(C[C@H](N3CCC(c4cc(F)ccc4OC4COC4)CC3)CO2)C1.Fc1ccc(OC2COC2)c(C2CCN([C@@H]3COC4(CNC4)C3)CC2)c1. The molecule has 0 unspecified atom stereocenters. The molecule has 0 aliphatic carbocycles. The lowest BCUT2D eigenvalue weighted by Gasteiger charge is -2.47. The van der Waals surface area contributed by atoms with Crippen LogP contribution >= 0.6 is 0 Å². The molecule has 0 aromatic heterocycles. The van der Waals surface area contributed by atoms with Gasteiger partial charge in [0.15, 0.2) is 0 Å². The summed E-state index contributed by atoms with van der Waals surface area (Å²) in [5, 5.41) is 3.33. The molecule has 2 atom stereocenters. The number of likely N-dealkylation sites (tertiary alicyclic amines) is 3. The van der Waals surface area contributed by atoms with E-state index in [4.69, 9.17) is 33.2 Å². The molecule has 8 fully saturated rings. The molecule has 12 nitrogen and oxygen atoms in total. The zero-order valence-corrected chi connectivity index (χ0v) is 34.9. The molecule has 59 heavy (non-hydrogen) atoms. The highest BCUT2D eigenvalue weighted by molar-refractivity contribution is 5.69. The molecule has 8 aliphatic heterocycles. The molecule has 324 valence electrons. The Labute approximate surface area is 347 Å². The third-order valence-corrected chi connectivity index (χ3v) is 13.6. The van der Waals surface area contributed by atoms with Gasteiger partial charge >= 0.3 is 6.09 Å². The Balaban J connectivity index is 0.000000156. The van der Waals surface area contributed by atoms with E-state index in [0.29, 0.717) is 64.1 Å². The molecular formula is C45H62F2N4O8. The first kappa shape index (κ1) is 41.3. The molecule has 8 saturated heterocycles. The standard InChI is InChI=1S/C25H35FN2O5.C20H27FN2O3/c1-24(2,3)33-23(29)28-15-25(16-28)11-19(12-31-25)27-8-6-17(7-9-27)21-10-18(26)4-5-22(21)32-20-13-30-14-20;21-15-1-2-19(26-17-10-24-11-17)18(7-15)14-3-5-23(6-4-14)16-8-20(25-9-16)12-22-13-20/h4-5,10,17,19-20H,6-9,11-16H2,1-3H3;1-2,7,14,16-17,22H,3-6,8-13H2/t19-;16-/m00/s1. The maximum atomic E-state index is 14.0. The molecule has 0 radical (unpaired) electrons. The summed E-state index contributed by atoms with van der Waals surface area (Å²) in [4.78, 5) is 19.1. The number of amides is 1. The van der Waals surface area contributed by atoms with Crippen molar-refractivity contribution in [1.82, 2.24) is 20.0 Å². The van der Waals surface area contributed by atoms with Crippen molar-refractivity contribution < 1.29 is 46.7 Å². The molecule has 1 amide bonds. The quantitative estimate of drug-likeness (QED) is 0.367. The fraction of sp³-hybridized carbons (Fsp3) is 0.711. The van der Waals surface area contributed by atoms with Gasteiger partial charge in [0, 0.05) is 36.3 Å². The van der Waals surface area contributed by atoms with Crippen LogP contribution in [0.15, 0.2) is 36.4 Å². The second-order valence-corrected chi connectivity index (χ2v) is 19.2. The van der Waals surface area contributed by atoms with E-state index < -0.39 is 5.60 Å². The van der Waals surface area contributed by atoms with Gasteiger partial charge in [-0.15, -0.1) is 0 Å². The van der Waals surface area contributed by atoms with Crippen LogP contribution in [0.1, 0.15) is 82.3 Å². The van der Waals surface area contributed by atoms with Gasteiger partial charge in [-0.05, 0) is 134 Å². The van der Waals surface area contributed by atoms with E-state index >= 15 is 0 Å². The average molecular weight is 825 g/mol. The molecule has 0 saturated carbocycles. The van der Waals surface area contributed by atoms with Crippen molar-refractivity contribution in [1.29, 1.82) is 0 Å². The number of carbonyl (C=O) groups excluding carboxylic acids is 1. The molecule has 0 bridgehead atoms. The first-order valence-electron chi connectivity index (χ1n) is 21.9. The van der Waals surface area contributed by atoms with Crippen LogP contribution in [0.3, 0.4) is 0 Å². The van der Waals surface area contributed by atoms with Crippen molar-refractivity contribution in [2.24, 2.45) is 0 Å². The molecule has 8 heterocycles. The normalized spacial score (nSPS) is 27.6. The van der Waals surface area contributed by atoms with Crippen LogP contribution in [0.25, 0.3) is 0 Å². The Morgan fingerprint density at radius 3 is 1.54 bits per heavy atom. The minimum atomic E-state index is -0.485. The van der Waals surface area contributed by atoms with Crippen LogP contribution in [0.2, 0.25) is 0 Å². The van der Waals surface area contributed by atoms with Gasteiger partial charge in [0.2, 0.25) is 0 Å². The number of ether oxygens (including phenoxy) is 7. The summed E-state index contributed by atoms with van der Waals surface area (Å²) in [6.07, 6.45) is 6.02. The van der Waals surface area contributed by atoms with Crippen LogP contribution in [-0.2, 0) is 23.7 Å². The molecule has 14 heteroatoms. The number of carbonyl (C=O) groups is 1. The van der Waals surface area contributed by atoms with E-state index in [2.05, 4.69) is 15.1 Å². The van der Waals surface area contributed by atoms with Crippen molar-refractivity contribution in [3.05, 3.63) is 59.2 Å². The highest BCUT2D eigenvalue weighted by atomic mass is 19.1. The van der Waals surface area contributed by atoms with E-state index in [1.807, 2.05) is 20.8 Å². The Morgan fingerprint density at radius 2 is 1.15 bits per heavy atom. The van der Waals surface area contributed by atoms with Crippen molar-refractivity contribution in [3.8, 4) is 11.5 Å². The number of halogens is 2. The average Bonchev–Trinajstić information content (AvgIpc) is 3.82. The van der Waals surface area contributed by atoms with Gasteiger partial charge in [-0.3, -0.25) is 9.80 Å². The Bertz CT molecular complexity index is 1780. The van der Waals surface area contributed by atoms with Crippen molar-refractivity contribution >= 4 is 6.09 Å². The lowest BCUT2D eigenvalue weighted by Crippen LogP contribution is -2.64. The Hall–Kier alpha value is -3.11. The van der Waals surface area contributed by atoms with E-state index in [-0.39, 0.29) is 47.1 Å². The number of nitrogens with zero attached hydrogens (tertiary/aromatic N) is 3. The second-order valence-electron chi connectivity index (χ2n) is 19.2. The van der Waals surface area contributed by atoms with Gasteiger partial charge in [-0.2, -0.15) is 0 Å². The van der Waals surface area contributed by atoms with Crippen molar-refractivity contribution in [3.63, 3.8) is 0 Å². The fourth-order valence-electron chi connectivity index (χ4n) is 10.1. The first-order chi connectivity index (χ1) is 28.4. The summed E-state index contributed by atoms with van der Waals surface area (Å²) < 4.78 is 68.1. The number of hydrogen-bond acceptors (Lipinski definition) is 11. The van der Waals surface area contributed by atoms with Gasteiger partial charge in [-0.25, -0.2) is 13.6 Å². The fourth-order valence-corrected chi connectivity index (χ4v) is 10.1. The van der Waals surface area contributed by atoms with Crippen LogP contribution in [0, 0.1) is 11.6 Å². The van der Waals surface area contributed by atoms with E-state index in [9.17, 15) is 13.6 Å². The maximum Gasteiger partial charge on any atom is 0.410 e. The number of hydrogen-bond donors (Lipinski definition) is 1. The van der Waals surface area contributed by atoms with E-state index in [1.165, 1.54) is 12.1 Å². The molecular weight excluding hydrogens is 763 g/mol. The molecule has 1 N–H and O–H groups in total. The highest BCUT2D eigenvalue weighted by Gasteiger charge is 2.53. The Morgan fingerprint density at radius 1 is 0.695 bits per heavy atom. The topological polar surface area (TPSA) is 103 Å². The molecule has 8 aliphatic rings. The number of rotatable bonds is 8. The lowest BCUT2D eigenvalue weighted by atomic mass is 9.86. The minimum absolute atomic E-state index is 0.0730. The van der Waals surface area contributed by atoms with Crippen LogP contribution in [0.5, 0.6) is 11.5 Å². The summed E-state index contributed by atoms with van der Waals surface area (Å²) >= 11 is 0. The predicted octanol–water partition coefficient (Wildman–Crippen LogP) is 5.47. The molecule has 2 aromatic carbocycles. The number of nitrogens with one attached hydrogen (secondary N) is 1. The lowest BCUT2D eigenvalue weighted by molar-refractivity contribution is -0.109. The van der Waals surface area contributed by atoms with E-state index in [1.54, 1.807) is 29.2 Å². The predicted molar refractivity (Wildman–Crippen MR) is 215 cm³/mol. The third kappa shape index (κ3) is 9.39. The Kier molecular flexibility index (Phi) is 11.9. The first-order valence-corrected chi connectivity index (χ1v) is 21.9. The number of piperidine rings is 2. The van der Waals surface area contributed by atoms with Gasteiger partial charge in [0.05, 0.1) is 58.3 Å². The summed E-state index contributed by atoms with van der Waals surface area (Å²) in [7, 11) is 0. The van der Waals surface area contributed by atoms with Crippen molar-refractivity contribution in [2.45, 2.75) is 112 Å². The number of benzene rings is 2. The van der Waals surface area contributed by atoms with Gasteiger partial charge < -0.3 is 43.4 Å². The van der Waals surface area contributed by atoms with E-state index in [0.717, 1.165) is 107 Å². The zero-order valence-electron chi connectivity index (χ0n) is 34.9.